The van der Waals surface area contributed by atoms with E-state index in [0.717, 1.165) is 12.8 Å². The van der Waals surface area contributed by atoms with Crippen LogP contribution in [-0.2, 0) is 24.3 Å². The molecule has 0 bridgehead atoms. The highest BCUT2D eigenvalue weighted by molar-refractivity contribution is 7.89. The third-order valence-corrected chi connectivity index (χ3v) is 7.60. The van der Waals surface area contributed by atoms with Crippen molar-refractivity contribution in [1.29, 1.82) is 0 Å². The summed E-state index contributed by atoms with van der Waals surface area (Å²) in [7, 11) is -0.637. The largest absolute Gasteiger partial charge is 0.469 e. The Labute approximate surface area is 138 Å². The molecule has 8 heteroatoms. The van der Waals surface area contributed by atoms with Crippen molar-refractivity contribution in [2.45, 2.75) is 55.9 Å². The van der Waals surface area contributed by atoms with E-state index in [-0.39, 0.29) is 18.7 Å². The summed E-state index contributed by atoms with van der Waals surface area (Å²) in [6.45, 7) is 0.655. The van der Waals surface area contributed by atoms with Crippen molar-refractivity contribution in [3.63, 3.8) is 0 Å². The van der Waals surface area contributed by atoms with E-state index in [1.165, 1.54) is 11.4 Å². The van der Waals surface area contributed by atoms with Crippen LogP contribution in [0.3, 0.4) is 0 Å². The third kappa shape index (κ3) is 3.87. The number of carbonyl (C=O) groups is 1. The number of nitrogens with two attached hydrogens (primary N) is 1. The molecule has 4 unspecified atom stereocenters. The van der Waals surface area contributed by atoms with Gasteiger partial charge in [0.25, 0.3) is 0 Å². The quantitative estimate of drug-likeness (QED) is 0.726. The molecule has 1 aliphatic heterocycles. The molecule has 7 nitrogen and oxygen atoms in total. The molecular formula is C15H28N2O5S. The Bertz CT molecular complexity index is 510. The van der Waals surface area contributed by atoms with Crippen LogP contribution >= 0.6 is 0 Å². The highest BCUT2D eigenvalue weighted by atomic mass is 32.2. The molecule has 1 saturated carbocycles. The Kier molecular flexibility index (Phi) is 6.41. The maximum Gasteiger partial charge on any atom is 0.310 e. The van der Waals surface area contributed by atoms with Crippen molar-refractivity contribution in [2.24, 2.45) is 11.7 Å². The molecule has 0 spiro atoms. The normalized spacial score (nSPS) is 33.3. The first-order valence-corrected chi connectivity index (χ1v) is 9.77. The molecule has 1 heterocycles. The lowest BCUT2D eigenvalue weighted by molar-refractivity contribution is -0.146. The van der Waals surface area contributed by atoms with E-state index in [4.69, 9.17) is 15.2 Å². The molecule has 23 heavy (non-hydrogen) atoms. The molecule has 0 aromatic rings. The van der Waals surface area contributed by atoms with Crippen LogP contribution in [0, 0.1) is 5.92 Å². The second-order valence-electron chi connectivity index (χ2n) is 6.38. The predicted molar refractivity (Wildman–Crippen MR) is 86.3 cm³/mol. The minimum Gasteiger partial charge on any atom is -0.469 e. The topological polar surface area (TPSA) is 98.9 Å². The molecule has 2 fully saturated rings. The smallest absolute Gasteiger partial charge is 0.310 e. The van der Waals surface area contributed by atoms with Crippen LogP contribution in [0.4, 0.5) is 0 Å². The lowest BCUT2D eigenvalue weighted by Crippen LogP contribution is -2.55. The van der Waals surface area contributed by atoms with Gasteiger partial charge < -0.3 is 15.2 Å². The first kappa shape index (κ1) is 18.6. The van der Waals surface area contributed by atoms with Gasteiger partial charge in [-0.05, 0) is 25.7 Å². The second-order valence-corrected chi connectivity index (χ2v) is 8.48. The summed E-state index contributed by atoms with van der Waals surface area (Å²) in [5.41, 5.74) is 5.80. The number of hydrogen-bond acceptors (Lipinski definition) is 6. The fourth-order valence-electron chi connectivity index (χ4n) is 3.80. The average Bonchev–Trinajstić information content (AvgIpc) is 2.60. The van der Waals surface area contributed by atoms with Crippen molar-refractivity contribution < 1.29 is 22.7 Å². The molecule has 2 aliphatic rings. The molecule has 0 radical (unpaired) electrons. The minimum absolute atomic E-state index is 0.0396. The Morgan fingerprint density at radius 2 is 1.91 bits per heavy atom. The highest BCUT2D eigenvalue weighted by Crippen LogP contribution is 2.34. The molecule has 2 N–H and O–H groups in total. The predicted octanol–water partition coefficient (Wildman–Crippen LogP) is 0.486. The monoisotopic (exact) mass is 348 g/mol. The standard InChI is InChI=1S/C15H28N2O5S/c1-21-12-7-8-17(11(9-12)10-16)23(19,20)14-6-4-3-5-13(14)15(18)22-2/h11-14H,3-10,16H2,1-2H3. The zero-order chi connectivity index (χ0) is 17.0. The van der Waals surface area contributed by atoms with E-state index in [1.807, 2.05) is 0 Å². The van der Waals surface area contributed by atoms with E-state index in [1.54, 1.807) is 7.11 Å². The summed E-state index contributed by atoms with van der Waals surface area (Å²) < 4.78 is 38.0. The van der Waals surface area contributed by atoms with Crippen LogP contribution in [0.25, 0.3) is 0 Å². The zero-order valence-corrected chi connectivity index (χ0v) is 14.8. The van der Waals surface area contributed by atoms with Gasteiger partial charge in [0.1, 0.15) is 0 Å². The van der Waals surface area contributed by atoms with Gasteiger partial charge in [0.15, 0.2) is 0 Å². The first-order valence-electron chi connectivity index (χ1n) is 8.27. The lowest BCUT2D eigenvalue weighted by atomic mass is 9.89. The number of sulfonamides is 1. The van der Waals surface area contributed by atoms with Crippen LogP contribution in [0.5, 0.6) is 0 Å². The summed E-state index contributed by atoms with van der Waals surface area (Å²) in [6, 6.07) is -0.265. The van der Waals surface area contributed by atoms with Crippen LogP contribution in [-0.4, -0.2) is 63.4 Å². The number of hydrogen-bond donors (Lipinski definition) is 1. The van der Waals surface area contributed by atoms with E-state index in [0.29, 0.717) is 32.2 Å². The van der Waals surface area contributed by atoms with E-state index >= 15 is 0 Å². The van der Waals surface area contributed by atoms with E-state index < -0.39 is 27.2 Å². The van der Waals surface area contributed by atoms with Crippen LogP contribution < -0.4 is 5.73 Å². The van der Waals surface area contributed by atoms with Crippen molar-refractivity contribution in [3.8, 4) is 0 Å². The van der Waals surface area contributed by atoms with Gasteiger partial charge in [-0.25, -0.2) is 8.42 Å². The number of piperidine rings is 1. The number of nitrogens with zero attached hydrogens (tertiary/aromatic N) is 1. The fourth-order valence-corrected chi connectivity index (χ4v) is 6.23. The summed E-state index contributed by atoms with van der Waals surface area (Å²) in [5, 5.41) is -0.697. The number of methoxy groups -OCH3 is 2. The molecule has 2 rings (SSSR count). The van der Waals surface area contributed by atoms with Crippen LogP contribution in [0.2, 0.25) is 0 Å². The average molecular weight is 348 g/mol. The maximum absolute atomic E-state index is 13.2. The second kappa shape index (κ2) is 7.92. The van der Waals surface area contributed by atoms with Gasteiger partial charge in [0.05, 0.1) is 24.4 Å². The van der Waals surface area contributed by atoms with Crippen molar-refractivity contribution in [3.05, 3.63) is 0 Å². The molecule has 1 aliphatic carbocycles. The Balaban J connectivity index is 2.23. The summed E-state index contributed by atoms with van der Waals surface area (Å²) in [5.74, 6) is -0.994. The molecule has 0 amide bonds. The molecule has 4 atom stereocenters. The Morgan fingerprint density at radius 3 is 2.52 bits per heavy atom. The van der Waals surface area contributed by atoms with Crippen LogP contribution in [0.1, 0.15) is 38.5 Å². The van der Waals surface area contributed by atoms with Crippen molar-refractivity contribution in [2.75, 3.05) is 27.3 Å². The van der Waals surface area contributed by atoms with Crippen LogP contribution in [0.15, 0.2) is 0 Å². The first-order chi connectivity index (χ1) is 11.0. The molecule has 1 saturated heterocycles. The van der Waals surface area contributed by atoms with Crippen molar-refractivity contribution >= 4 is 16.0 Å². The van der Waals surface area contributed by atoms with Gasteiger partial charge in [-0.2, -0.15) is 4.31 Å². The number of esters is 1. The number of rotatable bonds is 5. The molecular weight excluding hydrogens is 320 g/mol. The van der Waals surface area contributed by atoms with Gasteiger partial charge in [-0.1, -0.05) is 12.8 Å². The molecule has 134 valence electrons. The van der Waals surface area contributed by atoms with Gasteiger partial charge >= 0.3 is 5.97 Å². The van der Waals surface area contributed by atoms with Gasteiger partial charge in [-0.3, -0.25) is 4.79 Å². The minimum atomic E-state index is -3.59. The SMILES string of the molecule is COC(=O)C1CCCCC1S(=O)(=O)N1CCC(OC)CC1CN. The molecule has 0 aromatic carbocycles. The summed E-state index contributed by atoms with van der Waals surface area (Å²) in [4.78, 5) is 12.0. The summed E-state index contributed by atoms with van der Waals surface area (Å²) >= 11 is 0. The van der Waals surface area contributed by atoms with Gasteiger partial charge in [0.2, 0.25) is 10.0 Å². The lowest BCUT2D eigenvalue weighted by Gasteiger charge is -2.41. The Hall–Kier alpha value is -0.700. The fraction of sp³-hybridized carbons (Fsp3) is 0.933. The number of carbonyl (C=O) groups excluding carboxylic acids is 1. The zero-order valence-electron chi connectivity index (χ0n) is 13.9. The Morgan fingerprint density at radius 1 is 1.22 bits per heavy atom. The van der Waals surface area contributed by atoms with Crippen molar-refractivity contribution in [1.82, 2.24) is 4.31 Å². The maximum atomic E-state index is 13.2. The third-order valence-electron chi connectivity index (χ3n) is 5.14. The highest BCUT2D eigenvalue weighted by Gasteiger charge is 2.46. The van der Waals surface area contributed by atoms with Gasteiger partial charge in [0, 0.05) is 26.2 Å². The van der Waals surface area contributed by atoms with Gasteiger partial charge in [-0.15, -0.1) is 0 Å². The van der Waals surface area contributed by atoms with E-state index in [2.05, 4.69) is 0 Å². The summed E-state index contributed by atoms with van der Waals surface area (Å²) in [6.07, 6.45) is 4.04. The molecule has 0 aromatic heterocycles. The van der Waals surface area contributed by atoms with E-state index in [9.17, 15) is 13.2 Å². The number of ether oxygens (including phenoxy) is 2.